The molecule has 1 aromatic carbocycles. The first-order valence-electron chi connectivity index (χ1n) is 8.96. The number of nitrogens with one attached hydrogen (secondary N) is 1. The van der Waals surface area contributed by atoms with Gasteiger partial charge in [0.2, 0.25) is 5.95 Å². The Labute approximate surface area is 159 Å². The molecule has 2 aromatic rings. The lowest BCUT2D eigenvalue weighted by Crippen LogP contribution is -2.47. The largest absolute Gasteiger partial charge is 0.497 e. The van der Waals surface area contributed by atoms with Crippen molar-refractivity contribution in [2.45, 2.75) is 0 Å². The molecule has 0 radical (unpaired) electrons. The summed E-state index contributed by atoms with van der Waals surface area (Å²) in [5, 5.41) is 3.09. The first kappa shape index (κ1) is 18.9. The first-order valence-corrected chi connectivity index (χ1v) is 8.96. The number of aromatic nitrogens is 2. The summed E-state index contributed by atoms with van der Waals surface area (Å²) in [5.74, 6) is 2.02. The number of benzene rings is 1. The summed E-state index contributed by atoms with van der Waals surface area (Å²) in [5.41, 5.74) is 0.514. The van der Waals surface area contributed by atoms with Crippen molar-refractivity contribution >= 4 is 11.9 Å². The van der Waals surface area contributed by atoms with E-state index in [-0.39, 0.29) is 5.91 Å². The highest BCUT2D eigenvalue weighted by atomic mass is 16.5. The van der Waals surface area contributed by atoms with Crippen LogP contribution in [0.3, 0.4) is 0 Å². The van der Waals surface area contributed by atoms with Gasteiger partial charge in [-0.05, 0) is 31.3 Å². The predicted molar refractivity (Wildman–Crippen MR) is 102 cm³/mol. The van der Waals surface area contributed by atoms with Gasteiger partial charge in [0.1, 0.15) is 18.1 Å². The van der Waals surface area contributed by atoms with Crippen molar-refractivity contribution in [1.29, 1.82) is 0 Å². The first-order chi connectivity index (χ1) is 13.2. The fraction of sp³-hybridized carbons (Fsp3) is 0.421. The monoisotopic (exact) mass is 371 g/mol. The van der Waals surface area contributed by atoms with Crippen LogP contribution in [-0.2, 0) is 0 Å². The molecule has 1 aromatic heterocycles. The number of hydrogen-bond donors (Lipinski definition) is 1. The highest BCUT2D eigenvalue weighted by Crippen LogP contribution is 2.16. The maximum Gasteiger partial charge on any atom is 0.257 e. The van der Waals surface area contributed by atoms with Gasteiger partial charge in [-0.3, -0.25) is 4.79 Å². The number of nitrogens with zero attached hydrogens (tertiary/aromatic N) is 4. The number of methoxy groups -OCH3 is 1. The molecule has 3 rings (SSSR count). The van der Waals surface area contributed by atoms with E-state index in [1.165, 1.54) is 0 Å². The number of amides is 1. The predicted octanol–water partition coefficient (Wildman–Crippen LogP) is 1.36. The zero-order valence-corrected chi connectivity index (χ0v) is 15.7. The molecule has 0 spiro atoms. The van der Waals surface area contributed by atoms with Crippen LogP contribution in [0.5, 0.6) is 11.5 Å². The number of carbonyl (C=O) groups is 1. The minimum absolute atomic E-state index is 0.0162. The molecule has 0 unspecified atom stereocenters. The van der Waals surface area contributed by atoms with Crippen molar-refractivity contribution in [3.8, 4) is 11.5 Å². The fourth-order valence-electron chi connectivity index (χ4n) is 2.73. The third-order valence-electron chi connectivity index (χ3n) is 4.40. The second-order valence-corrected chi connectivity index (χ2v) is 6.34. The molecule has 8 nitrogen and oxygen atoms in total. The molecule has 0 aliphatic carbocycles. The van der Waals surface area contributed by atoms with Crippen LogP contribution in [0.25, 0.3) is 0 Å². The molecular formula is C19H25N5O3. The van der Waals surface area contributed by atoms with Crippen molar-refractivity contribution in [2.75, 3.05) is 58.8 Å². The van der Waals surface area contributed by atoms with Gasteiger partial charge in [0.25, 0.3) is 5.91 Å². The van der Waals surface area contributed by atoms with Crippen LogP contribution in [0.1, 0.15) is 10.4 Å². The van der Waals surface area contributed by atoms with Gasteiger partial charge in [0, 0.05) is 38.6 Å². The molecule has 0 bridgehead atoms. The Balaban J connectivity index is 1.42. The van der Waals surface area contributed by atoms with Crippen LogP contribution >= 0.6 is 0 Å². The Bertz CT molecular complexity index is 728. The maximum atomic E-state index is 12.5. The molecule has 1 saturated heterocycles. The molecule has 144 valence electrons. The highest BCUT2D eigenvalue weighted by Gasteiger charge is 2.20. The van der Waals surface area contributed by atoms with Gasteiger partial charge in [-0.1, -0.05) is 0 Å². The van der Waals surface area contributed by atoms with Gasteiger partial charge in [0.15, 0.2) is 0 Å². The summed E-state index contributed by atoms with van der Waals surface area (Å²) < 4.78 is 10.7. The number of likely N-dealkylation sites (N-methyl/N-ethyl adjacent to an activating group) is 1. The highest BCUT2D eigenvalue weighted by molar-refractivity contribution is 5.93. The minimum Gasteiger partial charge on any atom is -0.497 e. The van der Waals surface area contributed by atoms with E-state index in [9.17, 15) is 4.79 Å². The van der Waals surface area contributed by atoms with Crippen LogP contribution in [0.4, 0.5) is 5.95 Å². The van der Waals surface area contributed by atoms with Crippen molar-refractivity contribution < 1.29 is 14.3 Å². The normalized spacial score (nSPS) is 14.7. The number of piperazine rings is 1. The van der Waals surface area contributed by atoms with Crippen molar-refractivity contribution in [3.63, 3.8) is 0 Å². The molecular weight excluding hydrogens is 346 g/mol. The van der Waals surface area contributed by atoms with Gasteiger partial charge in [-0.15, -0.1) is 0 Å². The van der Waals surface area contributed by atoms with Crippen molar-refractivity contribution in [2.24, 2.45) is 0 Å². The summed E-state index contributed by atoms with van der Waals surface area (Å²) in [6.45, 7) is 4.27. The summed E-state index contributed by atoms with van der Waals surface area (Å²) in [6.07, 6.45) is 3.14. The van der Waals surface area contributed by atoms with Gasteiger partial charge in [0.05, 0.1) is 19.2 Å². The van der Waals surface area contributed by atoms with E-state index in [0.717, 1.165) is 37.7 Å². The Hall–Kier alpha value is -2.87. The Morgan fingerprint density at radius 2 is 1.70 bits per heavy atom. The molecule has 2 heterocycles. The molecule has 1 N–H and O–H groups in total. The van der Waals surface area contributed by atoms with Gasteiger partial charge in [-0.25, -0.2) is 9.97 Å². The summed E-state index contributed by atoms with van der Waals surface area (Å²) >= 11 is 0. The Kier molecular flexibility index (Phi) is 6.43. The molecule has 0 saturated carbocycles. The van der Waals surface area contributed by atoms with E-state index < -0.39 is 0 Å². The van der Waals surface area contributed by atoms with E-state index >= 15 is 0 Å². The molecule has 1 aliphatic heterocycles. The SMILES string of the molecule is COc1ccc(OCCNc2ncc(C(=O)N3CCN(C)CC3)cn2)cc1. The zero-order chi connectivity index (χ0) is 19.1. The average Bonchev–Trinajstić information content (AvgIpc) is 2.72. The van der Waals surface area contributed by atoms with Gasteiger partial charge >= 0.3 is 0 Å². The summed E-state index contributed by atoms with van der Waals surface area (Å²) in [6, 6.07) is 7.41. The van der Waals surface area contributed by atoms with E-state index in [1.807, 2.05) is 29.2 Å². The lowest BCUT2D eigenvalue weighted by atomic mass is 10.2. The van der Waals surface area contributed by atoms with E-state index in [2.05, 4.69) is 27.2 Å². The standard InChI is InChI=1S/C19H25N5O3/c1-23-8-10-24(11-9-23)18(25)15-13-21-19(22-14-15)20-7-12-27-17-5-3-16(26-2)4-6-17/h3-6,13-14H,7-12H2,1-2H3,(H,20,21,22). The smallest absolute Gasteiger partial charge is 0.257 e. The quantitative estimate of drug-likeness (QED) is 0.736. The van der Waals surface area contributed by atoms with Crippen LogP contribution < -0.4 is 14.8 Å². The number of carbonyl (C=O) groups excluding carboxylic acids is 1. The van der Waals surface area contributed by atoms with Crippen LogP contribution in [0.15, 0.2) is 36.7 Å². The third-order valence-corrected chi connectivity index (χ3v) is 4.40. The fourth-order valence-corrected chi connectivity index (χ4v) is 2.73. The molecule has 27 heavy (non-hydrogen) atoms. The number of hydrogen-bond acceptors (Lipinski definition) is 7. The Morgan fingerprint density at radius 1 is 1.07 bits per heavy atom. The summed E-state index contributed by atoms with van der Waals surface area (Å²) in [4.78, 5) is 25.0. The Morgan fingerprint density at radius 3 is 2.33 bits per heavy atom. The third kappa shape index (κ3) is 5.30. The van der Waals surface area contributed by atoms with Gasteiger partial charge < -0.3 is 24.6 Å². The second kappa shape index (κ2) is 9.18. The molecule has 1 fully saturated rings. The molecule has 1 amide bonds. The summed E-state index contributed by atoms with van der Waals surface area (Å²) in [7, 11) is 3.69. The van der Waals surface area contributed by atoms with Crippen LogP contribution in [0, 0.1) is 0 Å². The topological polar surface area (TPSA) is 79.8 Å². The maximum absolute atomic E-state index is 12.5. The van der Waals surface area contributed by atoms with Gasteiger partial charge in [-0.2, -0.15) is 0 Å². The van der Waals surface area contributed by atoms with E-state index in [1.54, 1.807) is 19.5 Å². The average molecular weight is 371 g/mol. The lowest BCUT2D eigenvalue weighted by molar-refractivity contribution is 0.0663. The number of anilines is 1. The van der Waals surface area contributed by atoms with Crippen LogP contribution in [-0.4, -0.2) is 79.2 Å². The van der Waals surface area contributed by atoms with Crippen LogP contribution in [0.2, 0.25) is 0 Å². The van der Waals surface area contributed by atoms with E-state index in [4.69, 9.17) is 9.47 Å². The van der Waals surface area contributed by atoms with Crippen molar-refractivity contribution in [1.82, 2.24) is 19.8 Å². The second-order valence-electron chi connectivity index (χ2n) is 6.34. The van der Waals surface area contributed by atoms with E-state index in [0.29, 0.717) is 24.7 Å². The lowest BCUT2D eigenvalue weighted by Gasteiger charge is -2.32. The number of ether oxygens (including phenoxy) is 2. The number of rotatable bonds is 7. The zero-order valence-electron chi connectivity index (χ0n) is 15.7. The minimum atomic E-state index is -0.0162. The molecule has 0 atom stereocenters. The molecule has 8 heteroatoms. The van der Waals surface area contributed by atoms with Crippen molar-refractivity contribution in [3.05, 3.63) is 42.2 Å². The molecule has 1 aliphatic rings.